The van der Waals surface area contributed by atoms with Gasteiger partial charge in [-0.2, -0.15) is 0 Å². The Morgan fingerprint density at radius 3 is 2.45 bits per heavy atom. The molecule has 0 N–H and O–H groups in total. The van der Waals surface area contributed by atoms with Crippen LogP contribution in [0.3, 0.4) is 0 Å². The Morgan fingerprint density at radius 2 is 1.82 bits per heavy atom. The van der Waals surface area contributed by atoms with Crippen LogP contribution >= 0.6 is 0 Å². The summed E-state index contributed by atoms with van der Waals surface area (Å²) in [6, 6.07) is 10.2. The monoisotopic (exact) mass is 305 g/mol. The van der Waals surface area contributed by atoms with Crippen molar-refractivity contribution in [3.05, 3.63) is 30.3 Å². The van der Waals surface area contributed by atoms with Gasteiger partial charge >= 0.3 is 0 Å². The summed E-state index contributed by atoms with van der Waals surface area (Å²) in [5, 5.41) is 0. The molecule has 1 aliphatic heterocycles. The van der Waals surface area contributed by atoms with Crippen LogP contribution in [0.4, 0.5) is 5.69 Å². The standard InChI is InChI=1S/C17H27N3O2/c1-15(17(21)20-11-13-22-14-12-20)18(2)9-10-19(3)16-7-5-4-6-8-16/h4-8,15H,9-14H2,1-3H3. The van der Waals surface area contributed by atoms with Gasteiger partial charge in [0.2, 0.25) is 5.91 Å². The predicted octanol–water partition coefficient (Wildman–Crippen LogP) is 1.30. The zero-order valence-electron chi connectivity index (χ0n) is 13.9. The maximum absolute atomic E-state index is 12.5. The van der Waals surface area contributed by atoms with Gasteiger partial charge < -0.3 is 14.5 Å². The van der Waals surface area contributed by atoms with Gasteiger partial charge in [-0.25, -0.2) is 0 Å². The van der Waals surface area contributed by atoms with Gasteiger partial charge in [-0.1, -0.05) is 18.2 Å². The van der Waals surface area contributed by atoms with Crippen molar-refractivity contribution in [2.45, 2.75) is 13.0 Å². The van der Waals surface area contributed by atoms with Gasteiger partial charge in [0.15, 0.2) is 0 Å². The number of nitrogens with zero attached hydrogens (tertiary/aromatic N) is 3. The Hall–Kier alpha value is -1.59. The first kappa shape index (κ1) is 16.8. The lowest BCUT2D eigenvalue weighted by atomic mass is 10.2. The van der Waals surface area contributed by atoms with Crippen LogP contribution in [-0.2, 0) is 9.53 Å². The fraction of sp³-hybridized carbons (Fsp3) is 0.588. The fourth-order valence-electron chi connectivity index (χ4n) is 2.55. The smallest absolute Gasteiger partial charge is 0.239 e. The van der Waals surface area contributed by atoms with E-state index in [2.05, 4.69) is 29.0 Å². The van der Waals surface area contributed by atoms with Crippen molar-refractivity contribution in [1.82, 2.24) is 9.80 Å². The summed E-state index contributed by atoms with van der Waals surface area (Å²) in [6.07, 6.45) is 0. The number of amides is 1. The van der Waals surface area contributed by atoms with Gasteiger partial charge in [-0.05, 0) is 26.1 Å². The third kappa shape index (κ3) is 4.45. The molecule has 1 saturated heterocycles. The first-order valence-electron chi connectivity index (χ1n) is 7.92. The molecule has 0 aromatic heterocycles. The Morgan fingerprint density at radius 1 is 1.18 bits per heavy atom. The third-order valence-electron chi connectivity index (χ3n) is 4.33. The molecule has 2 rings (SSSR count). The number of carbonyl (C=O) groups is 1. The van der Waals surface area contributed by atoms with Crippen molar-refractivity contribution in [1.29, 1.82) is 0 Å². The molecule has 1 atom stereocenters. The zero-order valence-corrected chi connectivity index (χ0v) is 13.9. The number of morpholine rings is 1. The van der Waals surface area contributed by atoms with Gasteiger partial charge in [-0.15, -0.1) is 0 Å². The lowest BCUT2D eigenvalue weighted by molar-refractivity contribution is -0.140. The molecule has 1 heterocycles. The SMILES string of the molecule is CC(C(=O)N1CCOCC1)N(C)CCN(C)c1ccccc1. The minimum absolute atomic E-state index is 0.0951. The minimum Gasteiger partial charge on any atom is -0.378 e. The van der Waals surface area contributed by atoms with Gasteiger partial charge in [-0.3, -0.25) is 9.69 Å². The summed E-state index contributed by atoms with van der Waals surface area (Å²) in [7, 11) is 4.10. The third-order valence-corrected chi connectivity index (χ3v) is 4.33. The van der Waals surface area contributed by atoms with E-state index in [1.165, 1.54) is 5.69 Å². The number of likely N-dealkylation sites (N-methyl/N-ethyl adjacent to an activating group) is 2. The number of rotatable bonds is 6. The van der Waals surface area contributed by atoms with E-state index in [1.807, 2.05) is 37.1 Å². The number of ether oxygens (including phenoxy) is 1. The van der Waals surface area contributed by atoms with E-state index < -0.39 is 0 Å². The lowest BCUT2D eigenvalue weighted by Gasteiger charge is -2.33. The van der Waals surface area contributed by atoms with E-state index in [0.717, 1.165) is 13.1 Å². The molecule has 0 bridgehead atoms. The summed E-state index contributed by atoms with van der Waals surface area (Å²) in [5.41, 5.74) is 1.20. The Balaban J connectivity index is 1.80. The van der Waals surface area contributed by atoms with E-state index in [1.54, 1.807) is 0 Å². The Labute approximate surface area is 133 Å². The minimum atomic E-state index is -0.0951. The van der Waals surface area contributed by atoms with Crippen LogP contribution in [0.25, 0.3) is 0 Å². The first-order chi connectivity index (χ1) is 10.6. The molecule has 22 heavy (non-hydrogen) atoms. The largest absolute Gasteiger partial charge is 0.378 e. The average molecular weight is 305 g/mol. The second kappa shape index (κ2) is 8.15. The van der Waals surface area contributed by atoms with E-state index in [-0.39, 0.29) is 11.9 Å². The van der Waals surface area contributed by atoms with E-state index in [0.29, 0.717) is 26.3 Å². The molecule has 122 valence electrons. The molecule has 5 nitrogen and oxygen atoms in total. The van der Waals surface area contributed by atoms with Crippen molar-refractivity contribution in [2.24, 2.45) is 0 Å². The van der Waals surface area contributed by atoms with Crippen LogP contribution in [0.1, 0.15) is 6.92 Å². The van der Waals surface area contributed by atoms with Gasteiger partial charge in [0.05, 0.1) is 19.3 Å². The molecule has 0 radical (unpaired) electrons. The van der Waals surface area contributed by atoms with Crippen LogP contribution < -0.4 is 4.90 Å². The molecule has 1 amide bonds. The number of benzene rings is 1. The molecular weight excluding hydrogens is 278 g/mol. The van der Waals surface area contributed by atoms with Crippen LogP contribution in [-0.4, -0.2) is 75.2 Å². The van der Waals surface area contributed by atoms with Crippen LogP contribution in [0, 0.1) is 0 Å². The maximum Gasteiger partial charge on any atom is 0.239 e. The van der Waals surface area contributed by atoms with Gasteiger partial charge in [0, 0.05) is 38.9 Å². The predicted molar refractivity (Wildman–Crippen MR) is 89.2 cm³/mol. The zero-order chi connectivity index (χ0) is 15.9. The van der Waals surface area contributed by atoms with Gasteiger partial charge in [0.1, 0.15) is 0 Å². The molecule has 1 aliphatic rings. The number of hydrogen-bond donors (Lipinski definition) is 0. The number of para-hydroxylation sites is 1. The average Bonchev–Trinajstić information content (AvgIpc) is 2.59. The fourth-order valence-corrected chi connectivity index (χ4v) is 2.55. The molecular formula is C17H27N3O2. The highest BCUT2D eigenvalue weighted by molar-refractivity contribution is 5.81. The van der Waals surface area contributed by atoms with E-state index >= 15 is 0 Å². The molecule has 1 unspecified atom stereocenters. The molecule has 1 aromatic rings. The summed E-state index contributed by atoms with van der Waals surface area (Å²) >= 11 is 0. The molecule has 0 saturated carbocycles. The normalized spacial score (nSPS) is 16.6. The number of hydrogen-bond acceptors (Lipinski definition) is 4. The first-order valence-corrected chi connectivity index (χ1v) is 7.92. The highest BCUT2D eigenvalue weighted by Crippen LogP contribution is 2.11. The second-order valence-corrected chi connectivity index (χ2v) is 5.85. The van der Waals surface area contributed by atoms with Crippen molar-refractivity contribution >= 4 is 11.6 Å². The second-order valence-electron chi connectivity index (χ2n) is 5.85. The number of carbonyl (C=O) groups excluding carboxylic acids is 1. The Kier molecular flexibility index (Phi) is 6.21. The molecule has 5 heteroatoms. The topological polar surface area (TPSA) is 36.0 Å². The van der Waals surface area contributed by atoms with Crippen molar-refractivity contribution in [2.75, 3.05) is 58.4 Å². The molecule has 0 aliphatic carbocycles. The maximum atomic E-state index is 12.5. The van der Waals surface area contributed by atoms with E-state index in [9.17, 15) is 4.79 Å². The highest BCUT2D eigenvalue weighted by atomic mass is 16.5. The summed E-state index contributed by atoms with van der Waals surface area (Å²) < 4.78 is 5.30. The van der Waals surface area contributed by atoms with Crippen molar-refractivity contribution < 1.29 is 9.53 Å². The summed E-state index contributed by atoms with van der Waals surface area (Å²) in [6.45, 7) is 6.45. The van der Waals surface area contributed by atoms with Gasteiger partial charge in [0.25, 0.3) is 0 Å². The Bertz CT molecular complexity index is 460. The molecule has 0 spiro atoms. The van der Waals surface area contributed by atoms with Crippen LogP contribution in [0.15, 0.2) is 30.3 Å². The van der Waals surface area contributed by atoms with E-state index in [4.69, 9.17) is 4.74 Å². The number of anilines is 1. The lowest BCUT2D eigenvalue weighted by Crippen LogP contribution is -2.50. The van der Waals surface area contributed by atoms with Crippen LogP contribution in [0.5, 0.6) is 0 Å². The van der Waals surface area contributed by atoms with Crippen LogP contribution in [0.2, 0.25) is 0 Å². The van der Waals surface area contributed by atoms with Crippen molar-refractivity contribution in [3.8, 4) is 0 Å². The molecule has 1 aromatic carbocycles. The van der Waals surface area contributed by atoms with Crippen molar-refractivity contribution in [3.63, 3.8) is 0 Å². The molecule has 1 fully saturated rings. The summed E-state index contributed by atoms with van der Waals surface area (Å²) in [4.78, 5) is 18.7. The quantitative estimate of drug-likeness (QED) is 0.794. The summed E-state index contributed by atoms with van der Waals surface area (Å²) in [5.74, 6) is 0.202. The highest BCUT2D eigenvalue weighted by Gasteiger charge is 2.25.